The Morgan fingerprint density at radius 1 is 0.792 bits per heavy atom. The molecule has 126 valence electrons. The summed E-state index contributed by atoms with van der Waals surface area (Å²) in [5.41, 5.74) is 9.76. The number of hydrogen-bond donors (Lipinski definition) is 1. The zero-order valence-corrected chi connectivity index (χ0v) is 14.3. The van der Waals surface area contributed by atoms with Gasteiger partial charge in [-0.2, -0.15) is 0 Å². The van der Waals surface area contributed by atoms with Crippen LogP contribution < -0.4 is 5.73 Å². The number of piperazine rings is 1. The molecule has 1 saturated heterocycles. The van der Waals surface area contributed by atoms with Gasteiger partial charge in [-0.3, -0.25) is 9.80 Å². The van der Waals surface area contributed by atoms with E-state index in [4.69, 9.17) is 5.73 Å². The third-order valence-corrected chi connectivity index (χ3v) is 4.67. The Hall–Kier alpha value is -1.94. The maximum absolute atomic E-state index is 5.85. The zero-order chi connectivity index (χ0) is 16.6. The molecule has 0 aliphatic carbocycles. The lowest BCUT2D eigenvalue weighted by Crippen LogP contribution is -2.45. The van der Waals surface area contributed by atoms with Gasteiger partial charge in [0.1, 0.15) is 0 Å². The first-order valence-corrected chi connectivity index (χ1v) is 8.78. The predicted molar refractivity (Wildman–Crippen MR) is 102 cm³/mol. The van der Waals surface area contributed by atoms with E-state index in [0.717, 1.165) is 39.3 Å². The molecule has 0 unspecified atom stereocenters. The summed E-state index contributed by atoms with van der Waals surface area (Å²) in [4.78, 5) is 5.05. The molecule has 24 heavy (non-hydrogen) atoms. The highest BCUT2D eigenvalue weighted by molar-refractivity contribution is 5.48. The van der Waals surface area contributed by atoms with Gasteiger partial charge < -0.3 is 5.73 Å². The van der Waals surface area contributed by atoms with Crippen molar-refractivity contribution in [2.45, 2.75) is 13.1 Å². The zero-order valence-electron chi connectivity index (χ0n) is 14.3. The van der Waals surface area contributed by atoms with Crippen molar-refractivity contribution in [1.82, 2.24) is 9.80 Å². The second kappa shape index (κ2) is 8.78. The molecule has 0 amide bonds. The summed E-state index contributed by atoms with van der Waals surface area (Å²) in [6, 6.07) is 19.0. The van der Waals surface area contributed by atoms with E-state index >= 15 is 0 Å². The first kappa shape index (κ1) is 16.9. The minimum atomic E-state index is 0.625. The third kappa shape index (κ3) is 4.78. The van der Waals surface area contributed by atoms with Gasteiger partial charge in [-0.25, -0.2) is 0 Å². The van der Waals surface area contributed by atoms with Crippen LogP contribution in [0.4, 0.5) is 0 Å². The number of nitrogens with two attached hydrogens (primary N) is 1. The number of nitrogens with zero attached hydrogens (tertiary/aromatic N) is 2. The van der Waals surface area contributed by atoms with Crippen molar-refractivity contribution in [1.29, 1.82) is 0 Å². The molecular formula is C21H27N3. The van der Waals surface area contributed by atoms with Crippen LogP contribution in [-0.2, 0) is 13.1 Å². The molecule has 3 heteroatoms. The van der Waals surface area contributed by atoms with Crippen molar-refractivity contribution in [2.24, 2.45) is 5.73 Å². The van der Waals surface area contributed by atoms with Crippen molar-refractivity contribution in [2.75, 3.05) is 32.7 Å². The molecule has 1 aliphatic heterocycles. The topological polar surface area (TPSA) is 32.5 Å². The molecule has 2 aromatic rings. The van der Waals surface area contributed by atoms with Crippen molar-refractivity contribution in [3.63, 3.8) is 0 Å². The maximum Gasteiger partial charge on any atom is 0.0238 e. The fourth-order valence-electron chi connectivity index (χ4n) is 3.18. The van der Waals surface area contributed by atoms with Crippen LogP contribution in [0.1, 0.15) is 16.7 Å². The van der Waals surface area contributed by atoms with Gasteiger partial charge in [-0.05, 0) is 16.7 Å². The van der Waals surface area contributed by atoms with Gasteiger partial charge >= 0.3 is 0 Å². The van der Waals surface area contributed by atoms with E-state index in [1.54, 1.807) is 0 Å². The number of benzene rings is 2. The van der Waals surface area contributed by atoms with Gasteiger partial charge in [-0.1, -0.05) is 66.7 Å². The molecule has 0 aromatic heterocycles. The van der Waals surface area contributed by atoms with Gasteiger partial charge in [0.2, 0.25) is 0 Å². The molecule has 0 saturated carbocycles. The summed E-state index contributed by atoms with van der Waals surface area (Å²) < 4.78 is 0. The van der Waals surface area contributed by atoms with E-state index in [2.05, 4.69) is 76.5 Å². The first-order valence-electron chi connectivity index (χ1n) is 8.78. The second-order valence-corrected chi connectivity index (χ2v) is 6.36. The molecule has 0 spiro atoms. The fraction of sp³-hybridized carbons (Fsp3) is 0.333. The summed E-state index contributed by atoms with van der Waals surface area (Å²) >= 11 is 0. The van der Waals surface area contributed by atoms with Crippen LogP contribution in [0.15, 0.2) is 60.7 Å². The third-order valence-electron chi connectivity index (χ3n) is 4.67. The van der Waals surface area contributed by atoms with Crippen molar-refractivity contribution in [3.8, 4) is 0 Å². The Labute approximate surface area is 145 Å². The molecule has 1 aliphatic rings. The molecule has 3 nitrogen and oxygen atoms in total. The Balaban J connectivity index is 1.45. The summed E-state index contributed by atoms with van der Waals surface area (Å²) in [7, 11) is 0. The van der Waals surface area contributed by atoms with Gasteiger partial charge in [-0.15, -0.1) is 0 Å². The lowest BCUT2D eigenvalue weighted by Gasteiger charge is -2.34. The normalized spacial score (nSPS) is 16.7. The first-order chi connectivity index (χ1) is 11.8. The molecule has 1 heterocycles. The fourth-order valence-corrected chi connectivity index (χ4v) is 3.18. The summed E-state index contributed by atoms with van der Waals surface area (Å²) in [5, 5.41) is 0. The molecule has 0 radical (unpaired) electrons. The monoisotopic (exact) mass is 321 g/mol. The highest BCUT2D eigenvalue weighted by Gasteiger charge is 2.16. The standard InChI is InChI=1S/C21H27N3/c22-17-20-10-4-5-11-21(20)18-24-15-13-23(14-16-24)12-6-9-19-7-2-1-3-8-19/h1-11H,12-18,22H2/b9-6+. The van der Waals surface area contributed by atoms with Crippen molar-refractivity contribution in [3.05, 3.63) is 77.4 Å². The van der Waals surface area contributed by atoms with Crippen molar-refractivity contribution < 1.29 is 0 Å². The molecular weight excluding hydrogens is 294 g/mol. The maximum atomic E-state index is 5.85. The molecule has 2 N–H and O–H groups in total. The summed E-state index contributed by atoms with van der Waals surface area (Å²) in [5.74, 6) is 0. The highest BCUT2D eigenvalue weighted by atomic mass is 15.3. The lowest BCUT2D eigenvalue weighted by atomic mass is 10.1. The number of hydrogen-bond acceptors (Lipinski definition) is 3. The van der Waals surface area contributed by atoms with E-state index in [1.165, 1.54) is 16.7 Å². The minimum Gasteiger partial charge on any atom is -0.326 e. The SMILES string of the molecule is NCc1ccccc1CN1CCN(C/C=C/c2ccccc2)CC1. The molecule has 0 bridgehead atoms. The molecule has 1 fully saturated rings. The van der Waals surface area contributed by atoms with Crippen LogP contribution in [0, 0.1) is 0 Å². The minimum absolute atomic E-state index is 0.625. The average Bonchev–Trinajstić information content (AvgIpc) is 2.64. The van der Waals surface area contributed by atoms with Gasteiger partial charge in [0.05, 0.1) is 0 Å². The van der Waals surface area contributed by atoms with Gasteiger partial charge in [0.25, 0.3) is 0 Å². The van der Waals surface area contributed by atoms with Crippen LogP contribution in [0.3, 0.4) is 0 Å². The largest absolute Gasteiger partial charge is 0.326 e. The van der Waals surface area contributed by atoms with E-state index in [-0.39, 0.29) is 0 Å². The Morgan fingerprint density at radius 2 is 1.42 bits per heavy atom. The molecule has 3 rings (SSSR count). The average molecular weight is 321 g/mol. The summed E-state index contributed by atoms with van der Waals surface area (Å²) in [6.45, 7) is 7.17. The van der Waals surface area contributed by atoms with Crippen molar-refractivity contribution >= 4 is 6.08 Å². The van der Waals surface area contributed by atoms with E-state index in [1.807, 2.05) is 0 Å². The van der Waals surface area contributed by atoms with Crippen LogP contribution in [0.2, 0.25) is 0 Å². The van der Waals surface area contributed by atoms with Crippen LogP contribution in [-0.4, -0.2) is 42.5 Å². The number of rotatable bonds is 6. The lowest BCUT2D eigenvalue weighted by molar-refractivity contribution is 0.137. The smallest absolute Gasteiger partial charge is 0.0238 e. The van der Waals surface area contributed by atoms with E-state index < -0.39 is 0 Å². The van der Waals surface area contributed by atoms with Crippen LogP contribution in [0.5, 0.6) is 0 Å². The molecule has 2 aromatic carbocycles. The summed E-state index contributed by atoms with van der Waals surface area (Å²) in [6.07, 6.45) is 4.48. The molecule has 0 atom stereocenters. The quantitative estimate of drug-likeness (QED) is 0.888. The van der Waals surface area contributed by atoms with Crippen LogP contribution in [0.25, 0.3) is 6.08 Å². The van der Waals surface area contributed by atoms with Crippen LogP contribution >= 0.6 is 0 Å². The Kier molecular flexibility index (Phi) is 6.19. The van der Waals surface area contributed by atoms with Gasteiger partial charge in [0, 0.05) is 45.8 Å². The Bertz CT molecular complexity index is 643. The van der Waals surface area contributed by atoms with E-state index in [9.17, 15) is 0 Å². The second-order valence-electron chi connectivity index (χ2n) is 6.36. The highest BCUT2D eigenvalue weighted by Crippen LogP contribution is 2.13. The van der Waals surface area contributed by atoms with Gasteiger partial charge in [0.15, 0.2) is 0 Å². The Morgan fingerprint density at radius 3 is 2.12 bits per heavy atom. The van der Waals surface area contributed by atoms with E-state index in [0.29, 0.717) is 6.54 Å². The predicted octanol–water partition coefficient (Wildman–Crippen LogP) is 2.98.